The van der Waals surface area contributed by atoms with Gasteiger partial charge in [0.15, 0.2) is 0 Å². The van der Waals surface area contributed by atoms with Gasteiger partial charge in [-0.25, -0.2) is 4.68 Å². The number of nitrogens with one attached hydrogen (secondary N) is 2. The molecule has 2 amide bonds. The van der Waals surface area contributed by atoms with Gasteiger partial charge < -0.3 is 10.6 Å². The van der Waals surface area contributed by atoms with Crippen molar-refractivity contribution in [2.24, 2.45) is 0 Å². The molecule has 29 heavy (non-hydrogen) atoms. The number of rotatable bonds is 7. The summed E-state index contributed by atoms with van der Waals surface area (Å²) < 4.78 is 1.65. The molecule has 0 saturated carbocycles. The molecule has 0 unspecified atom stereocenters. The minimum Gasteiger partial charge on any atom is -0.325 e. The smallest absolute Gasteiger partial charge is 0.257 e. The van der Waals surface area contributed by atoms with E-state index in [1.165, 1.54) is 11.8 Å². The Morgan fingerprint density at radius 2 is 1.90 bits per heavy atom. The van der Waals surface area contributed by atoms with Gasteiger partial charge in [0, 0.05) is 5.69 Å². The van der Waals surface area contributed by atoms with E-state index in [0.717, 1.165) is 5.56 Å². The monoisotopic (exact) mass is 410 g/mol. The lowest BCUT2D eigenvalue weighted by molar-refractivity contribution is -0.113. The molecule has 3 rings (SSSR count). The Morgan fingerprint density at radius 1 is 1.10 bits per heavy atom. The average molecular weight is 411 g/mol. The summed E-state index contributed by atoms with van der Waals surface area (Å²) in [5, 5.41) is 17.7. The van der Waals surface area contributed by atoms with E-state index in [9.17, 15) is 9.59 Å². The van der Waals surface area contributed by atoms with Crippen LogP contribution in [0.5, 0.6) is 0 Å². The maximum Gasteiger partial charge on any atom is 0.257 e. The molecule has 0 saturated heterocycles. The van der Waals surface area contributed by atoms with Gasteiger partial charge in [-0.2, -0.15) is 0 Å². The number of carbonyl (C=O) groups is 2. The van der Waals surface area contributed by atoms with Crippen molar-refractivity contribution in [1.82, 2.24) is 20.2 Å². The van der Waals surface area contributed by atoms with E-state index >= 15 is 0 Å². The highest BCUT2D eigenvalue weighted by molar-refractivity contribution is 7.99. The minimum atomic E-state index is -0.289. The second-order valence-corrected chi connectivity index (χ2v) is 7.65. The molecule has 8 nitrogen and oxygen atoms in total. The van der Waals surface area contributed by atoms with Crippen LogP contribution in [0, 0.1) is 6.92 Å². The molecule has 9 heteroatoms. The third kappa shape index (κ3) is 5.41. The molecule has 0 aliphatic heterocycles. The van der Waals surface area contributed by atoms with Crippen molar-refractivity contribution < 1.29 is 9.59 Å². The van der Waals surface area contributed by atoms with Gasteiger partial charge >= 0.3 is 0 Å². The molecule has 0 bridgehead atoms. The van der Waals surface area contributed by atoms with Gasteiger partial charge in [0.1, 0.15) is 0 Å². The Bertz CT molecular complexity index is 1020. The third-order valence-corrected chi connectivity index (χ3v) is 4.94. The highest BCUT2D eigenvalue weighted by Crippen LogP contribution is 2.20. The number of para-hydroxylation sites is 1. The van der Waals surface area contributed by atoms with Crippen molar-refractivity contribution in [1.29, 1.82) is 0 Å². The van der Waals surface area contributed by atoms with E-state index in [0.29, 0.717) is 22.1 Å². The molecule has 2 aromatic carbocycles. The van der Waals surface area contributed by atoms with E-state index in [-0.39, 0.29) is 23.6 Å². The second-order valence-electron chi connectivity index (χ2n) is 6.71. The fourth-order valence-electron chi connectivity index (χ4n) is 2.63. The number of anilines is 2. The molecule has 0 radical (unpaired) electrons. The number of aryl methyl sites for hydroxylation is 1. The van der Waals surface area contributed by atoms with E-state index in [1.807, 2.05) is 45.0 Å². The fraction of sp³-hybridized carbons (Fsp3) is 0.250. The van der Waals surface area contributed by atoms with Gasteiger partial charge in [-0.15, -0.1) is 5.10 Å². The summed E-state index contributed by atoms with van der Waals surface area (Å²) in [5.41, 5.74) is 2.59. The van der Waals surface area contributed by atoms with Crippen molar-refractivity contribution >= 4 is 35.0 Å². The minimum absolute atomic E-state index is 0.0987. The van der Waals surface area contributed by atoms with E-state index in [4.69, 9.17) is 0 Å². The van der Waals surface area contributed by atoms with Crippen molar-refractivity contribution in [3.8, 4) is 0 Å². The Hall–Kier alpha value is -3.20. The van der Waals surface area contributed by atoms with Gasteiger partial charge in [-0.05, 0) is 61.0 Å². The normalized spacial score (nSPS) is 10.8. The zero-order valence-electron chi connectivity index (χ0n) is 16.4. The molecule has 2 N–H and O–H groups in total. The summed E-state index contributed by atoms with van der Waals surface area (Å²) in [6, 6.07) is 14.5. The molecule has 1 aromatic heterocycles. The maximum absolute atomic E-state index is 12.7. The van der Waals surface area contributed by atoms with E-state index in [2.05, 4.69) is 26.2 Å². The van der Waals surface area contributed by atoms with Gasteiger partial charge in [0.2, 0.25) is 11.1 Å². The van der Waals surface area contributed by atoms with Gasteiger partial charge in [0.05, 0.1) is 23.0 Å². The lowest BCUT2D eigenvalue weighted by Crippen LogP contribution is -2.19. The summed E-state index contributed by atoms with van der Waals surface area (Å²) in [6.07, 6.45) is 0. The molecule has 0 fully saturated rings. The zero-order valence-corrected chi connectivity index (χ0v) is 17.2. The molecule has 1 heterocycles. The second kappa shape index (κ2) is 9.33. The third-order valence-electron chi connectivity index (χ3n) is 4.01. The van der Waals surface area contributed by atoms with Crippen molar-refractivity contribution in [3.63, 3.8) is 0 Å². The van der Waals surface area contributed by atoms with Crippen LogP contribution in [0.1, 0.15) is 35.8 Å². The lowest BCUT2D eigenvalue weighted by atomic mass is 10.1. The van der Waals surface area contributed by atoms with Crippen LogP contribution in [0.3, 0.4) is 0 Å². The largest absolute Gasteiger partial charge is 0.325 e. The number of aromatic nitrogens is 4. The quantitative estimate of drug-likeness (QED) is 0.578. The molecule has 150 valence electrons. The number of amides is 2. The number of carbonyl (C=O) groups excluding carboxylic acids is 2. The van der Waals surface area contributed by atoms with Gasteiger partial charge in [0.25, 0.3) is 5.91 Å². The van der Waals surface area contributed by atoms with Crippen molar-refractivity contribution in [2.45, 2.75) is 32.0 Å². The average Bonchev–Trinajstić information content (AvgIpc) is 3.16. The first-order chi connectivity index (χ1) is 13.9. The Kier molecular flexibility index (Phi) is 6.61. The van der Waals surface area contributed by atoms with E-state index < -0.39 is 0 Å². The van der Waals surface area contributed by atoms with E-state index in [1.54, 1.807) is 28.9 Å². The lowest BCUT2D eigenvalue weighted by Gasteiger charge is -2.12. The predicted octanol–water partition coefficient (Wildman–Crippen LogP) is 3.55. The maximum atomic E-state index is 12.7. The highest BCUT2D eigenvalue weighted by Gasteiger charge is 2.15. The highest BCUT2D eigenvalue weighted by atomic mass is 32.2. The predicted molar refractivity (Wildman–Crippen MR) is 113 cm³/mol. The standard InChI is InChI=1S/C20H22N6O2S/c1-13(2)26-20(23-24-25-26)29-12-18(27)22-17-10-5-4-9-16(17)19(28)21-15-8-6-7-14(3)11-15/h4-11,13H,12H2,1-3H3,(H,21,28)(H,22,27). The van der Waals surface area contributed by atoms with Crippen LogP contribution in [0.4, 0.5) is 11.4 Å². The molecular weight excluding hydrogens is 388 g/mol. The van der Waals surface area contributed by atoms with Crippen molar-refractivity contribution in [3.05, 3.63) is 59.7 Å². The Balaban J connectivity index is 1.66. The number of thioether (sulfide) groups is 1. The topological polar surface area (TPSA) is 102 Å². The SMILES string of the molecule is Cc1cccc(NC(=O)c2ccccc2NC(=O)CSc2nnnn2C(C)C)c1. The summed E-state index contributed by atoms with van der Waals surface area (Å²) in [7, 11) is 0. The number of benzene rings is 2. The summed E-state index contributed by atoms with van der Waals surface area (Å²) >= 11 is 1.24. The zero-order chi connectivity index (χ0) is 20.8. The van der Waals surface area contributed by atoms with Crippen LogP contribution in [-0.4, -0.2) is 37.8 Å². The van der Waals surface area contributed by atoms with Crippen LogP contribution in [0.2, 0.25) is 0 Å². The molecule has 0 atom stereocenters. The first-order valence-corrected chi connectivity index (χ1v) is 10.1. The van der Waals surface area contributed by atoms with Crippen LogP contribution in [-0.2, 0) is 4.79 Å². The summed E-state index contributed by atoms with van der Waals surface area (Å²) in [6.45, 7) is 5.88. The van der Waals surface area contributed by atoms with Crippen LogP contribution in [0.25, 0.3) is 0 Å². The van der Waals surface area contributed by atoms with Crippen LogP contribution < -0.4 is 10.6 Å². The number of hydrogen-bond acceptors (Lipinski definition) is 6. The first-order valence-electron chi connectivity index (χ1n) is 9.11. The Morgan fingerprint density at radius 3 is 2.66 bits per heavy atom. The summed E-state index contributed by atoms with van der Waals surface area (Å²) in [4.78, 5) is 25.1. The fourth-order valence-corrected chi connectivity index (χ4v) is 3.44. The van der Waals surface area contributed by atoms with Gasteiger partial charge in [-0.1, -0.05) is 36.0 Å². The number of nitrogens with zero attached hydrogens (tertiary/aromatic N) is 4. The first kappa shape index (κ1) is 20.5. The number of tetrazole rings is 1. The molecule has 0 aliphatic carbocycles. The Labute approximate surface area is 173 Å². The summed E-state index contributed by atoms with van der Waals surface area (Å²) in [5.74, 6) is -0.409. The molecule has 0 spiro atoms. The molecule has 3 aromatic rings. The molecule has 0 aliphatic rings. The van der Waals surface area contributed by atoms with Gasteiger partial charge in [-0.3, -0.25) is 9.59 Å². The number of hydrogen-bond donors (Lipinski definition) is 2. The van der Waals surface area contributed by atoms with Crippen molar-refractivity contribution in [2.75, 3.05) is 16.4 Å². The van der Waals surface area contributed by atoms with Crippen LogP contribution in [0.15, 0.2) is 53.7 Å². The molecular formula is C20H22N6O2S. The van der Waals surface area contributed by atoms with Crippen LogP contribution >= 0.6 is 11.8 Å².